The Kier molecular flexibility index (Phi) is 6.02. The number of hydrogen-bond donors (Lipinski definition) is 1. The van der Waals surface area contributed by atoms with Gasteiger partial charge in [-0.1, -0.05) is 17.7 Å². The van der Waals surface area contributed by atoms with Crippen molar-refractivity contribution in [2.24, 2.45) is 7.05 Å². The van der Waals surface area contributed by atoms with E-state index in [2.05, 4.69) is 15.4 Å². The number of amides is 1. The second-order valence-corrected chi connectivity index (χ2v) is 8.67. The zero-order valence-corrected chi connectivity index (χ0v) is 17.4. The topological polar surface area (TPSA) is 102 Å². The molecule has 2 heterocycles. The Balaban J connectivity index is 1.74. The third-order valence-corrected chi connectivity index (χ3v) is 6.33. The molecule has 0 radical (unpaired) electrons. The standard InChI is InChI=1S/C19H24N6O3S/c1-15-5-7-16(8-6-15)29(27,28)24(3)19-17(13-22-23(19)2)18(26)21-9-4-11-25-12-10-20-14-25/h5-8,10,12-14H,4,9,11H2,1-3H3,(H,21,26). The summed E-state index contributed by atoms with van der Waals surface area (Å²) < 4.78 is 30.4. The van der Waals surface area contributed by atoms with Gasteiger partial charge in [-0.3, -0.25) is 13.8 Å². The number of anilines is 1. The fourth-order valence-corrected chi connectivity index (χ4v) is 4.17. The molecule has 29 heavy (non-hydrogen) atoms. The molecule has 1 N–H and O–H groups in total. The summed E-state index contributed by atoms with van der Waals surface area (Å²) in [4.78, 5) is 16.8. The lowest BCUT2D eigenvalue weighted by Gasteiger charge is -2.21. The van der Waals surface area contributed by atoms with E-state index in [1.54, 1.807) is 43.8 Å². The molecule has 10 heteroatoms. The highest BCUT2D eigenvalue weighted by Gasteiger charge is 2.28. The van der Waals surface area contributed by atoms with Gasteiger partial charge in [-0.2, -0.15) is 5.10 Å². The lowest BCUT2D eigenvalue weighted by Crippen LogP contribution is -2.32. The van der Waals surface area contributed by atoms with Crippen LogP contribution in [0.5, 0.6) is 0 Å². The third kappa shape index (κ3) is 4.48. The van der Waals surface area contributed by atoms with E-state index in [0.717, 1.165) is 22.8 Å². The highest BCUT2D eigenvalue weighted by molar-refractivity contribution is 7.92. The van der Waals surface area contributed by atoms with E-state index in [0.29, 0.717) is 6.54 Å². The van der Waals surface area contributed by atoms with Crippen LogP contribution in [0.4, 0.5) is 5.82 Å². The highest BCUT2D eigenvalue weighted by Crippen LogP contribution is 2.25. The summed E-state index contributed by atoms with van der Waals surface area (Å²) in [6, 6.07) is 6.57. The van der Waals surface area contributed by atoms with E-state index in [1.807, 2.05) is 17.7 Å². The Labute approximate surface area is 170 Å². The molecule has 1 amide bonds. The van der Waals surface area contributed by atoms with Gasteiger partial charge in [0.15, 0.2) is 5.82 Å². The number of aryl methyl sites for hydroxylation is 3. The molecule has 1 aromatic carbocycles. The van der Waals surface area contributed by atoms with Crippen molar-refractivity contribution in [3.8, 4) is 0 Å². The average Bonchev–Trinajstić information content (AvgIpc) is 3.34. The number of sulfonamides is 1. The van der Waals surface area contributed by atoms with Crippen LogP contribution < -0.4 is 9.62 Å². The van der Waals surface area contributed by atoms with Crippen LogP contribution >= 0.6 is 0 Å². The molecule has 0 aliphatic heterocycles. The van der Waals surface area contributed by atoms with Crippen molar-refractivity contribution in [1.82, 2.24) is 24.6 Å². The average molecular weight is 417 g/mol. The first-order valence-corrected chi connectivity index (χ1v) is 10.6. The number of nitrogens with zero attached hydrogens (tertiary/aromatic N) is 5. The summed E-state index contributed by atoms with van der Waals surface area (Å²) in [5.74, 6) is -0.164. The molecule has 0 saturated heterocycles. The van der Waals surface area contributed by atoms with Crippen LogP contribution in [0.2, 0.25) is 0 Å². The number of benzene rings is 1. The fraction of sp³-hybridized carbons (Fsp3) is 0.316. The molecular weight excluding hydrogens is 392 g/mol. The van der Waals surface area contributed by atoms with Crippen LogP contribution in [-0.4, -0.2) is 47.2 Å². The molecule has 0 saturated carbocycles. The van der Waals surface area contributed by atoms with E-state index in [4.69, 9.17) is 0 Å². The maximum atomic E-state index is 13.0. The second kappa shape index (κ2) is 8.48. The number of nitrogens with one attached hydrogen (secondary N) is 1. The van der Waals surface area contributed by atoms with Gasteiger partial charge in [0, 0.05) is 39.6 Å². The van der Waals surface area contributed by atoms with Crippen LogP contribution in [-0.2, 0) is 23.6 Å². The van der Waals surface area contributed by atoms with Crippen LogP contribution in [0.3, 0.4) is 0 Å². The summed E-state index contributed by atoms with van der Waals surface area (Å²) in [5.41, 5.74) is 1.16. The summed E-state index contributed by atoms with van der Waals surface area (Å²) in [5, 5.41) is 6.91. The molecule has 3 aromatic rings. The van der Waals surface area contributed by atoms with Crippen LogP contribution in [0.1, 0.15) is 22.3 Å². The van der Waals surface area contributed by atoms with E-state index in [-0.39, 0.29) is 22.2 Å². The van der Waals surface area contributed by atoms with Crippen molar-refractivity contribution in [2.75, 3.05) is 17.9 Å². The predicted molar refractivity (Wildman–Crippen MR) is 109 cm³/mol. The van der Waals surface area contributed by atoms with Crippen LogP contribution in [0.15, 0.2) is 54.1 Å². The second-order valence-electron chi connectivity index (χ2n) is 6.70. The minimum absolute atomic E-state index is 0.151. The third-order valence-electron chi connectivity index (χ3n) is 4.57. The SMILES string of the molecule is Cc1ccc(S(=O)(=O)N(C)c2c(C(=O)NCCCn3ccnc3)cnn2C)cc1. The maximum absolute atomic E-state index is 13.0. The van der Waals surface area contributed by atoms with E-state index in [1.165, 1.54) is 17.9 Å². The highest BCUT2D eigenvalue weighted by atomic mass is 32.2. The fourth-order valence-electron chi connectivity index (χ4n) is 2.92. The first kappa shape index (κ1) is 20.6. The molecule has 9 nitrogen and oxygen atoms in total. The predicted octanol–water partition coefficient (Wildman–Crippen LogP) is 1.57. The molecule has 0 bridgehead atoms. The molecule has 0 unspecified atom stereocenters. The smallest absolute Gasteiger partial charge is 0.265 e. The minimum Gasteiger partial charge on any atom is -0.352 e. The Morgan fingerprint density at radius 2 is 1.97 bits per heavy atom. The van der Waals surface area contributed by atoms with Crippen molar-refractivity contribution in [1.29, 1.82) is 0 Å². The van der Waals surface area contributed by atoms with Gasteiger partial charge in [-0.25, -0.2) is 13.4 Å². The van der Waals surface area contributed by atoms with E-state index in [9.17, 15) is 13.2 Å². The normalized spacial score (nSPS) is 11.4. The number of rotatable bonds is 8. The molecule has 3 rings (SSSR count). The van der Waals surface area contributed by atoms with Crippen LogP contribution in [0.25, 0.3) is 0 Å². The zero-order valence-electron chi connectivity index (χ0n) is 16.6. The maximum Gasteiger partial charge on any atom is 0.265 e. The summed E-state index contributed by atoms with van der Waals surface area (Å²) >= 11 is 0. The molecule has 154 valence electrons. The number of aromatic nitrogens is 4. The Bertz CT molecular complexity index is 1070. The lowest BCUT2D eigenvalue weighted by atomic mass is 10.2. The van der Waals surface area contributed by atoms with Crippen molar-refractivity contribution < 1.29 is 13.2 Å². The number of hydrogen-bond acceptors (Lipinski definition) is 5. The van der Waals surface area contributed by atoms with Crippen molar-refractivity contribution >= 4 is 21.7 Å². The lowest BCUT2D eigenvalue weighted by molar-refractivity contribution is 0.0953. The van der Waals surface area contributed by atoms with E-state index < -0.39 is 10.0 Å². The molecule has 2 aromatic heterocycles. The van der Waals surface area contributed by atoms with Gasteiger partial charge in [-0.05, 0) is 25.5 Å². The molecule has 0 fully saturated rings. The monoisotopic (exact) mass is 416 g/mol. The van der Waals surface area contributed by atoms with Gasteiger partial charge in [0.25, 0.3) is 15.9 Å². The van der Waals surface area contributed by atoms with Crippen molar-refractivity contribution in [2.45, 2.75) is 24.8 Å². The molecular formula is C19H24N6O3S. The molecule has 0 atom stereocenters. The largest absolute Gasteiger partial charge is 0.352 e. The first-order valence-electron chi connectivity index (χ1n) is 9.12. The molecule has 0 aliphatic carbocycles. The van der Waals surface area contributed by atoms with Crippen LogP contribution in [0, 0.1) is 6.92 Å². The van der Waals surface area contributed by atoms with Gasteiger partial charge in [0.1, 0.15) is 5.56 Å². The number of carbonyl (C=O) groups is 1. The molecule has 0 spiro atoms. The van der Waals surface area contributed by atoms with Gasteiger partial charge in [-0.15, -0.1) is 0 Å². The van der Waals surface area contributed by atoms with Crippen molar-refractivity contribution in [3.05, 3.63) is 60.3 Å². The summed E-state index contributed by atoms with van der Waals surface area (Å²) in [6.07, 6.45) is 7.36. The van der Waals surface area contributed by atoms with Gasteiger partial charge in [0.05, 0.1) is 17.4 Å². The number of imidazole rings is 1. The number of carbonyl (C=O) groups excluding carboxylic acids is 1. The Morgan fingerprint density at radius 1 is 1.24 bits per heavy atom. The Hall–Kier alpha value is -3.14. The Morgan fingerprint density at radius 3 is 2.62 bits per heavy atom. The van der Waals surface area contributed by atoms with Crippen molar-refractivity contribution in [3.63, 3.8) is 0 Å². The molecule has 0 aliphatic rings. The quantitative estimate of drug-likeness (QED) is 0.562. The zero-order chi connectivity index (χ0) is 21.0. The summed E-state index contributed by atoms with van der Waals surface area (Å²) in [7, 11) is -0.808. The van der Waals surface area contributed by atoms with Gasteiger partial charge < -0.3 is 9.88 Å². The first-order chi connectivity index (χ1) is 13.8. The minimum atomic E-state index is -3.83. The summed E-state index contributed by atoms with van der Waals surface area (Å²) in [6.45, 7) is 3.05. The van der Waals surface area contributed by atoms with Gasteiger partial charge in [0.2, 0.25) is 0 Å². The van der Waals surface area contributed by atoms with E-state index >= 15 is 0 Å². The van der Waals surface area contributed by atoms with Gasteiger partial charge >= 0.3 is 0 Å².